The Labute approximate surface area is 90.9 Å². The minimum atomic E-state index is -0.526. The molecule has 0 bridgehead atoms. The van der Waals surface area contributed by atoms with Crippen LogP contribution in [0.4, 0.5) is 0 Å². The van der Waals surface area contributed by atoms with E-state index in [1.807, 2.05) is 32.0 Å². The van der Waals surface area contributed by atoms with Crippen molar-refractivity contribution in [3.63, 3.8) is 0 Å². The van der Waals surface area contributed by atoms with Crippen molar-refractivity contribution in [1.82, 2.24) is 0 Å². The average molecular weight is 206 g/mol. The summed E-state index contributed by atoms with van der Waals surface area (Å²) in [5, 5.41) is 9.77. The fraction of sp³-hybridized carbons (Fsp3) is 0.538. The van der Waals surface area contributed by atoms with Crippen LogP contribution >= 0.6 is 0 Å². The third kappa shape index (κ3) is 2.21. The Morgan fingerprint density at radius 3 is 2.60 bits per heavy atom. The third-order valence-corrected chi connectivity index (χ3v) is 3.46. The molecule has 2 rings (SSSR count). The van der Waals surface area contributed by atoms with Gasteiger partial charge in [0.1, 0.15) is 0 Å². The Hall–Kier alpha value is -0.860. The van der Waals surface area contributed by atoms with E-state index < -0.39 is 5.60 Å². The van der Waals surface area contributed by atoms with E-state index in [1.165, 1.54) is 5.56 Å². The van der Waals surface area contributed by atoms with Crippen molar-refractivity contribution in [2.75, 3.05) is 0 Å². The summed E-state index contributed by atoms with van der Waals surface area (Å²) in [6, 6.07) is 10.1. The van der Waals surface area contributed by atoms with Crippen molar-refractivity contribution in [2.24, 2.45) is 5.92 Å². The first-order valence-electron chi connectivity index (χ1n) is 5.47. The number of aliphatic hydroxyl groups is 1. The van der Waals surface area contributed by atoms with E-state index in [1.54, 1.807) is 0 Å². The van der Waals surface area contributed by atoms with E-state index in [4.69, 9.17) is 4.74 Å². The topological polar surface area (TPSA) is 29.5 Å². The van der Waals surface area contributed by atoms with Crippen LogP contribution in [-0.2, 0) is 11.3 Å². The van der Waals surface area contributed by atoms with Gasteiger partial charge in [-0.05, 0) is 12.5 Å². The van der Waals surface area contributed by atoms with Crippen LogP contribution in [0.3, 0.4) is 0 Å². The Balaban J connectivity index is 1.81. The normalized spacial score (nSPS) is 34.9. The van der Waals surface area contributed by atoms with Crippen molar-refractivity contribution >= 4 is 0 Å². The maximum atomic E-state index is 9.77. The van der Waals surface area contributed by atoms with E-state index in [2.05, 4.69) is 12.1 Å². The number of hydrogen-bond donors (Lipinski definition) is 1. The highest BCUT2D eigenvalue weighted by atomic mass is 16.5. The summed E-state index contributed by atoms with van der Waals surface area (Å²) >= 11 is 0. The van der Waals surface area contributed by atoms with Crippen LogP contribution in [0.25, 0.3) is 0 Å². The maximum Gasteiger partial charge on any atom is 0.0720 e. The summed E-state index contributed by atoms with van der Waals surface area (Å²) in [6.45, 7) is 4.56. The van der Waals surface area contributed by atoms with Gasteiger partial charge in [-0.25, -0.2) is 0 Å². The van der Waals surface area contributed by atoms with Crippen molar-refractivity contribution in [3.05, 3.63) is 35.9 Å². The van der Waals surface area contributed by atoms with Crippen LogP contribution in [0.15, 0.2) is 30.3 Å². The van der Waals surface area contributed by atoms with Gasteiger partial charge in [0, 0.05) is 12.3 Å². The van der Waals surface area contributed by atoms with Gasteiger partial charge < -0.3 is 9.84 Å². The zero-order valence-corrected chi connectivity index (χ0v) is 9.31. The molecule has 0 aliphatic heterocycles. The standard InChI is InChI=1S/C13H18O2/c1-10-12(8-13(10,2)14)15-9-11-6-4-3-5-7-11/h3-7,10,12,14H,8-9H2,1-2H3. The second kappa shape index (κ2) is 3.95. The third-order valence-electron chi connectivity index (χ3n) is 3.46. The van der Waals surface area contributed by atoms with Crippen molar-refractivity contribution in [1.29, 1.82) is 0 Å². The summed E-state index contributed by atoms with van der Waals surface area (Å²) in [7, 11) is 0. The van der Waals surface area contributed by atoms with Crippen LogP contribution < -0.4 is 0 Å². The van der Waals surface area contributed by atoms with Gasteiger partial charge in [-0.3, -0.25) is 0 Å². The molecule has 0 radical (unpaired) electrons. The first kappa shape index (κ1) is 10.7. The first-order valence-corrected chi connectivity index (χ1v) is 5.47. The van der Waals surface area contributed by atoms with E-state index in [-0.39, 0.29) is 12.0 Å². The lowest BCUT2D eigenvalue weighted by Crippen LogP contribution is -2.54. The summed E-state index contributed by atoms with van der Waals surface area (Å²) < 4.78 is 5.75. The molecule has 1 fully saturated rings. The highest BCUT2D eigenvalue weighted by molar-refractivity contribution is 5.13. The molecule has 1 N–H and O–H groups in total. The van der Waals surface area contributed by atoms with E-state index in [0.717, 1.165) is 6.42 Å². The molecule has 0 aromatic heterocycles. The van der Waals surface area contributed by atoms with Gasteiger partial charge in [0.25, 0.3) is 0 Å². The van der Waals surface area contributed by atoms with Gasteiger partial charge in [-0.15, -0.1) is 0 Å². The molecule has 1 aliphatic carbocycles. The largest absolute Gasteiger partial charge is 0.390 e. The van der Waals surface area contributed by atoms with Crippen molar-refractivity contribution in [3.8, 4) is 0 Å². The van der Waals surface area contributed by atoms with E-state index >= 15 is 0 Å². The number of benzene rings is 1. The summed E-state index contributed by atoms with van der Waals surface area (Å²) in [4.78, 5) is 0. The van der Waals surface area contributed by atoms with Gasteiger partial charge in [0.2, 0.25) is 0 Å². The Bertz CT molecular complexity index is 319. The van der Waals surface area contributed by atoms with E-state index in [9.17, 15) is 5.11 Å². The smallest absolute Gasteiger partial charge is 0.0720 e. The molecule has 3 unspecified atom stereocenters. The first-order chi connectivity index (χ1) is 7.09. The number of hydrogen-bond acceptors (Lipinski definition) is 2. The minimum Gasteiger partial charge on any atom is -0.390 e. The molecule has 2 heteroatoms. The molecule has 0 spiro atoms. The van der Waals surface area contributed by atoms with Crippen molar-refractivity contribution < 1.29 is 9.84 Å². The fourth-order valence-corrected chi connectivity index (χ4v) is 1.99. The lowest BCUT2D eigenvalue weighted by Gasteiger charge is -2.47. The SMILES string of the molecule is CC1C(OCc2ccccc2)CC1(C)O. The molecule has 0 amide bonds. The summed E-state index contributed by atoms with van der Waals surface area (Å²) in [6.07, 6.45) is 0.960. The quantitative estimate of drug-likeness (QED) is 0.822. The van der Waals surface area contributed by atoms with Gasteiger partial charge in [-0.1, -0.05) is 37.3 Å². The monoisotopic (exact) mass is 206 g/mol. The maximum absolute atomic E-state index is 9.77. The Morgan fingerprint density at radius 1 is 1.40 bits per heavy atom. The molecule has 1 aromatic rings. The highest BCUT2D eigenvalue weighted by Crippen LogP contribution is 2.40. The molecule has 0 saturated heterocycles. The van der Waals surface area contributed by atoms with Gasteiger partial charge in [0.05, 0.1) is 18.3 Å². The predicted octanol–water partition coefficient (Wildman–Crippen LogP) is 2.36. The van der Waals surface area contributed by atoms with Gasteiger partial charge in [-0.2, -0.15) is 0 Å². The number of rotatable bonds is 3. The van der Waals surface area contributed by atoms with Crippen LogP contribution in [-0.4, -0.2) is 16.8 Å². The molecule has 3 atom stereocenters. The molecule has 15 heavy (non-hydrogen) atoms. The predicted molar refractivity (Wildman–Crippen MR) is 59.4 cm³/mol. The zero-order chi connectivity index (χ0) is 10.9. The lowest BCUT2D eigenvalue weighted by atomic mass is 9.69. The number of ether oxygens (including phenoxy) is 1. The molecule has 0 heterocycles. The van der Waals surface area contributed by atoms with E-state index in [0.29, 0.717) is 6.61 Å². The van der Waals surface area contributed by atoms with Crippen LogP contribution in [0.1, 0.15) is 25.8 Å². The summed E-state index contributed by atoms with van der Waals surface area (Å²) in [5.41, 5.74) is 0.665. The highest BCUT2D eigenvalue weighted by Gasteiger charge is 2.47. The van der Waals surface area contributed by atoms with Crippen LogP contribution in [0.5, 0.6) is 0 Å². The average Bonchev–Trinajstić information content (AvgIpc) is 2.25. The summed E-state index contributed by atoms with van der Waals surface area (Å²) in [5.74, 6) is 0.237. The second-order valence-electron chi connectivity index (χ2n) is 4.69. The second-order valence-corrected chi connectivity index (χ2v) is 4.69. The molecule has 1 aromatic carbocycles. The van der Waals surface area contributed by atoms with Crippen molar-refractivity contribution in [2.45, 2.75) is 38.6 Å². The van der Waals surface area contributed by atoms with Crippen LogP contribution in [0, 0.1) is 5.92 Å². The van der Waals surface area contributed by atoms with Crippen LogP contribution in [0.2, 0.25) is 0 Å². The molecule has 2 nitrogen and oxygen atoms in total. The molecule has 82 valence electrons. The molecule has 1 saturated carbocycles. The Kier molecular flexibility index (Phi) is 2.81. The van der Waals surface area contributed by atoms with Gasteiger partial charge in [0.15, 0.2) is 0 Å². The minimum absolute atomic E-state index is 0.209. The van der Waals surface area contributed by atoms with Gasteiger partial charge >= 0.3 is 0 Å². The fourth-order valence-electron chi connectivity index (χ4n) is 1.99. The molecular weight excluding hydrogens is 188 g/mol. The Morgan fingerprint density at radius 2 is 2.07 bits per heavy atom. The zero-order valence-electron chi connectivity index (χ0n) is 9.31. The molecule has 1 aliphatic rings. The lowest BCUT2D eigenvalue weighted by molar-refractivity contribution is -0.182. The molecular formula is C13H18O2.